The molecule has 0 fully saturated rings. The van der Waals surface area contributed by atoms with E-state index >= 15 is 0 Å². The molecule has 23 heavy (non-hydrogen) atoms. The number of furan rings is 1. The SMILES string of the molecule is O=C(CS(=O)CC(=O)Nc1ccc(F)cc1)NCc1ccco1. The Morgan fingerprint density at radius 1 is 1.09 bits per heavy atom. The van der Waals surface area contributed by atoms with Crippen molar-refractivity contribution in [1.29, 1.82) is 0 Å². The Balaban J connectivity index is 1.71. The third-order valence-electron chi connectivity index (χ3n) is 2.75. The van der Waals surface area contributed by atoms with E-state index in [9.17, 15) is 18.2 Å². The Hall–Kier alpha value is -2.48. The highest BCUT2D eigenvalue weighted by molar-refractivity contribution is 7.86. The van der Waals surface area contributed by atoms with Crippen molar-refractivity contribution < 1.29 is 22.6 Å². The molecule has 0 radical (unpaired) electrons. The van der Waals surface area contributed by atoms with Crippen molar-refractivity contribution in [3.8, 4) is 0 Å². The van der Waals surface area contributed by atoms with Gasteiger partial charge in [0.25, 0.3) is 0 Å². The Kier molecular flexibility index (Phi) is 6.04. The molecule has 6 nitrogen and oxygen atoms in total. The van der Waals surface area contributed by atoms with Crippen molar-refractivity contribution in [2.45, 2.75) is 6.54 Å². The zero-order valence-electron chi connectivity index (χ0n) is 12.1. The highest BCUT2D eigenvalue weighted by Crippen LogP contribution is 2.08. The second-order valence-electron chi connectivity index (χ2n) is 4.64. The van der Waals surface area contributed by atoms with Crippen molar-refractivity contribution in [2.75, 3.05) is 16.8 Å². The molecule has 1 unspecified atom stereocenters. The normalized spacial score (nSPS) is 11.7. The second-order valence-corrected chi connectivity index (χ2v) is 6.10. The van der Waals surface area contributed by atoms with Gasteiger partial charge in [-0.1, -0.05) is 0 Å². The molecule has 0 aliphatic heterocycles. The van der Waals surface area contributed by atoms with E-state index in [-0.39, 0.29) is 18.1 Å². The average molecular weight is 338 g/mol. The number of hydrogen-bond acceptors (Lipinski definition) is 4. The van der Waals surface area contributed by atoms with Gasteiger partial charge >= 0.3 is 0 Å². The zero-order chi connectivity index (χ0) is 16.7. The van der Waals surface area contributed by atoms with E-state index in [0.717, 1.165) is 0 Å². The molecule has 0 aliphatic carbocycles. The first-order chi connectivity index (χ1) is 11.0. The number of nitrogens with one attached hydrogen (secondary N) is 2. The van der Waals surface area contributed by atoms with Crippen molar-refractivity contribution in [3.05, 3.63) is 54.2 Å². The maximum atomic E-state index is 12.7. The van der Waals surface area contributed by atoms with E-state index in [2.05, 4.69) is 10.6 Å². The number of halogens is 1. The predicted molar refractivity (Wildman–Crippen MR) is 83.5 cm³/mol. The summed E-state index contributed by atoms with van der Waals surface area (Å²) in [7, 11) is -1.64. The smallest absolute Gasteiger partial charge is 0.237 e. The number of anilines is 1. The lowest BCUT2D eigenvalue weighted by atomic mass is 10.3. The van der Waals surface area contributed by atoms with Crippen LogP contribution in [0.1, 0.15) is 5.76 Å². The van der Waals surface area contributed by atoms with E-state index in [0.29, 0.717) is 11.4 Å². The van der Waals surface area contributed by atoms with Crippen LogP contribution in [0.25, 0.3) is 0 Å². The standard InChI is InChI=1S/C15H15FN2O4S/c16-11-3-5-12(6-4-11)18-15(20)10-23(21)9-14(19)17-8-13-2-1-7-22-13/h1-7H,8-10H2,(H,17,19)(H,18,20). The monoisotopic (exact) mass is 338 g/mol. The quantitative estimate of drug-likeness (QED) is 0.799. The summed E-state index contributed by atoms with van der Waals surface area (Å²) in [6.45, 7) is 0.199. The van der Waals surface area contributed by atoms with Crippen molar-refractivity contribution in [2.24, 2.45) is 0 Å². The molecule has 2 rings (SSSR count). The number of hydrogen-bond donors (Lipinski definition) is 2. The third-order valence-corrected chi connectivity index (χ3v) is 3.92. The largest absolute Gasteiger partial charge is 0.467 e. The van der Waals surface area contributed by atoms with Crippen LogP contribution in [0.4, 0.5) is 10.1 Å². The maximum absolute atomic E-state index is 12.7. The number of carbonyl (C=O) groups excluding carboxylic acids is 2. The molecule has 2 aromatic rings. The molecule has 122 valence electrons. The van der Waals surface area contributed by atoms with Gasteiger partial charge in [-0.25, -0.2) is 4.39 Å². The molecule has 0 spiro atoms. The molecule has 1 aromatic carbocycles. The van der Waals surface area contributed by atoms with E-state index in [4.69, 9.17) is 4.42 Å². The first-order valence-electron chi connectivity index (χ1n) is 6.72. The molecule has 0 saturated carbocycles. The summed E-state index contributed by atoms with van der Waals surface area (Å²) in [5.74, 6) is -1.37. The summed E-state index contributed by atoms with van der Waals surface area (Å²) in [5.41, 5.74) is 0.399. The van der Waals surface area contributed by atoms with E-state index in [1.807, 2.05) is 0 Å². The lowest BCUT2D eigenvalue weighted by Crippen LogP contribution is -2.30. The van der Waals surface area contributed by atoms with E-state index in [1.165, 1.54) is 30.5 Å². The van der Waals surface area contributed by atoms with Gasteiger partial charge < -0.3 is 15.1 Å². The molecule has 1 atom stereocenters. The lowest BCUT2D eigenvalue weighted by Gasteiger charge is -2.06. The second kappa shape index (κ2) is 8.23. The predicted octanol–water partition coefficient (Wildman–Crippen LogP) is 1.42. The van der Waals surface area contributed by atoms with Gasteiger partial charge in [-0.15, -0.1) is 0 Å². The number of carbonyl (C=O) groups is 2. The number of benzene rings is 1. The van der Waals surface area contributed by atoms with Crippen molar-refractivity contribution in [1.82, 2.24) is 5.32 Å². The molecule has 1 aromatic heterocycles. The minimum Gasteiger partial charge on any atom is -0.467 e. The summed E-state index contributed by atoms with van der Waals surface area (Å²) in [6.07, 6.45) is 1.49. The highest BCUT2D eigenvalue weighted by atomic mass is 32.2. The lowest BCUT2D eigenvalue weighted by molar-refractivity contribution is -0.118. The van der Waals surface area contributed by atoms with Crippen molar-refractivity contribution >= 4 is 28.3 Å². The van der Waals surface area contributed by atoms with Gasteiger partial charge in [-0.3, -0.25) is 13.8 Å². The fourth-order valence-electron chi connectivity index (χ4n) is 1.72. The molecule has 1 heterocycles. The van der Waals surface area contributed by atoms with Gasteiger partial charge in [0.2, 0.25) is 11.8 Å². The van der Waals surface area contributed by atoms with Gasteiger partial charge in [-0.05, 0) is 36.4 Å². The van der Waals surface area contributed by atoms with Crippen LogP contribution < -0.4 is 10.6 Å². The minimum atomic E-state index is -1.64. The maximum Gasteiger partial charge on any atom is 0.237 e. The highest BCUT2D eigenvalue weighted by Gasteiger charge is 2.13. The van der Waals surface area contributed by atoms with Gasteiger partial charge in [-0.2, -0.15) is 0 Å². The summed E-state index contributed by atoms with van der Waals surface area (Å²) < 4.78 is 29.6. The van der Waals surface area contributed by atoms with Gasteiger partial charge in [0.1, 0.15) is 23.1 Å². The zero-order valence-corrected chi connectivity index (χ0v) is 12.9. The van der Waals surface area contributed by atoms with Crippen LogP contribution in [-0.2, 0) is 26.9 Å². The minimum absolute atomic E-state index is 0.199. The van der Waals surface area contributed by atoms with Crippen LogP contribution in [0.2, 0.25) is 0 Å². The van der Waals surface area contributed by atoms with E-state index in [1.54, 1.807) is 12.1 Å². The topological polar surface area (TPSA) is 88.4 Å². The van der Waals surface area contributed by atoms with Gasteiger partial charge in [0.15, 0.2) is 0 Å². The number of rotatable bonds is 7. The Morgan fingerprint density at radius 3 is 2.43 bits per heavy atom. The van der Waals surface area contributed by atoms with Crippen LogP contribution in [0, 0.1) is 5.82 Å². The van der Waals surface area contributed by atoms with Crippen molar-refractivity contribution in [3.63, 3.8) is 0 Å². The molecule has 8 heteroatoms. The average Bonchev–Trinajstić information content (AvgIpc) is 3.00. The summed E-state index contributed by atoms with van der Waals surface area (Å²) in [5, 5.41) is 5.03. The molecule has 0 saturated heterocycles. The van der Waals surface area contributed by atoms with Crippen LogP contribution >= 0.6 is 0 Å². The van der Waals surface area contributed by atoms with Gasteiger partial charge in [0, 0.05) is 16.5 Å². The van der Waals surface area contributed by atoms with Crippen LogP contribution in [0.5, 0.6) is 0 Å². The fourth-order valence-corrected chi connectivity index (χ4v) is 2.58. The molecular weight excluding hydrogens is 323 g/mol. The molecule has 0 bridgehead atoms. The van der Waals surface area contributed by atoms with Gasteiger partial charge in [0.05, 0.1) is 12.8 Å². The summed E-state index contributed by atoms with van der Waals surface area (Å²) in [6, 6.07) is 8.59. The van der Waals surface area contributed by atoms with Crippen LogP contribution in [-0.4, -0.2) is 27.5 Å². The summed E-state index contributed by atoms with van der Waals surface area (Å²) >= 11 is 0. The summed E-state index contributed by atoms with van der Waals surface area (Å²) in [4.78, 5) is 23.3. The number of amides is 2. The van der Waals surface area contributed by atoms with E-state index < -0.39 is 28.4 Å². The molecular formula is C15H15FN2O4S. The molecule has 2 N–H and O–H groups in total. The fraction of sp³-hybridized carbons (Fsp3) is 0.200. The Bertz CT molecular complexity index is 686. The molecule has 2 amide bonds. The van der Waals surface area contributed by atoms with Crippen LogP contribution in [0.15, 0.2) is 47.1 Å². The first-order valence-corrected chi connectivity index (χ1v) is 8.21. The first kappa shape index (κ1) is 16.9. The Labute approximate surface area is 134 Å². The Morgan fingerprint density at radius 2 is 1.78 bits per heavy atom. The third kappa shape index (κ3) is 6.03. The van der Waals surface area contributed by atoms with Crippen LogP contribution in [0.3, 0.4) is 0 Å². The molecule has 0 aliphatic rings.